The number of carbonyl (C=O) groups excluding carboxylic acids is 3. The third-order valence-corrected chi connectivity index (χ3v) is 6.89. The number of nitrogens with one attached hydrogen (secondary N) is 2. The van der Waals surface area contributed by atoms with Crippen molar-refractivity contribution < 1.29 is 19.1 Å². The monoisotopic (exact) mass is 693 g/mol. The summed E-state index contributed by atoms with van der Waals surface area (Å²) in [5, 5.41) is 7.42. The van der Waals surface area contributed by atoms with Crippen molar-refractivity contribution in [2.24, 2.45) is 5.10 Å². The molecule has 0 atom stereocenters. The molecule has 4 aromatic rings. The molecule has 2 N–H and O–H groups in total. The number of hydrazone groups is 1. The summed E-state index contributed by atoms with van der Waals surface area (Å²) in [6.45, 7) is 1.94. The molecule has 206 valence electrons. The Labute approximate surface area is 258 Å². The number of esters is 1. The molecule has 0 saturated heterocycles. The van der Waals surface area contributed by atoms with Crippen LogP contribution in [-0.2, 0) is 4.79 Å². The van der Waals surface area contributed by atoms with Gasteiger partial charge in [0, 0.05) is 37.9 Å². The number of halogens is 3. The van der Waals surface area contributed by atoms with Gasteiger partial charge in [-0.25, -0.2) is 10.2 Å². The molecular weight excluding hydrogens is 674 g/mol. The van der Waals surface area contributed by atoms with Gasteiger partial charge in [0.05, 0.1) is 10.7 Å². The van der Waals surface area contributed by atoms with Crippen LogP contribution in [-0.4, -0.2) is 24.0 Å². The highest BCUT2D eigenvalue weighted by atomic mass is 79.9. The van der Waals surface area contributed by atoms with Gasteiger partial charge in [-0.2, -0.15) is 5.10 Å². The average molecular weight is 696 g/mol. The lowest BCUT2D eigenvalue weighted by atomic mass is 10.1. The van der Waals surface area contributed by atoms with E-state index in [1.54, 1.807) is 78.9 Å². The van der Waals surface area contributed by atoms with E-state index in [0.717, 1.165) is 11.1 Å². The molecule has 0 radical (unpaired) electrons. The van der Waals surface area contributed by atoms with E-state index in [1.165, 1.54) is 12.3 Å². The number of nitrogens with zero attached hydrogens (tertiary/aromatic N) is 1. The summed E-state index contributed by atoms with van der Waals surface area (Å²) >= 11 is 12.7. The highest BCUT2D eigenvalue weighted by Crippen LogP contribution is 2.32. The lowest BCUT2D eigenvalue weighted by Crippen LogP contribution is -2.18. The van der Waals surface area contributed by atoms with Crippen LogP contribution in [0.5, 0.6) is 5.75 Å². The third kappa shape index (κ3) is 8.72. The molecule has 10 heteroatoms. The van der Waals surface area contributed by atoms with Crippen molar-refractivity contribution in [2.45, 2.75) is 6.92 Å². The van der Waals surface area contributed by atoms with Crippen LogP contribution >= 0.6 is 43.5 Å². The van der Waals surface area contributed by atoms with Crippen LogP contribution in [0.1, 0.15) is 37.4 Å². The Morgan fingerprint density at radius 3 is 2.34 bits per heavy atom. The fraction of sp³-hybridized carbons (Fsp3) is 0.0323. The summed E-state index contributed by atoms with van der Waals surface area (Å²) in [7, 11) is 0. The highest BCUT2D eigenvalue weighted by molar-refractivity contribution is 9.11. The smallest absolute Gasteiger partial charge is 0.336 e. The Morgan fingerprint density at radius 1 is 0.878 bits per heavy atom. The minimum atomic E-state index is -0.605. The second kappa shape index (κ2) is 14.0. The van der Waals surface area contributed by atoms with Gasteiger partial charge in [-0.3, -0.25) is 9.59 Å². The summed E-state index contributed by atoms with van der Waals surface area (Å²) in [5.74, 6) is -1.17. The maximum absolute atomic E-state index is 12.8. The van der Waals surface area contributed by atoms with Gasteiger partial charge in [0.15, 0.2) is 5.75 Å². The lowest BCUT2D eigenvalue weighted by molar-refractivity contribution is -0.128. The van der Waals surface area contributed by atoms with Gasteiger partial charge in [0.25, 0.3) is 11.8 Å². The largest absolute Gasteiger partial charge is 0.421 e. The number of amides is 2. The van der Waals surface area contributed by atoms with Crippen LogP contribution in [0.4, 0.5) is 5.69 Å². The first-order valence-corrected chi connectivity index (χ1v) is 14.1. The fourth-order valence-electron chi connectivity index (χ4n) is 3.53. The first-order chi connectivity index (χ1) is 19.7. The highest BCUT2D eigenvalue weighted by Gasteiger charge is 2.13. The number of aryl methyl sites for hydroxylation is 1. The molecule has 7 nitrogen and oxygen atoms in total. The molecule has 0 spiro atoms. The topological polar surface area (TPSA) is 96.9 Å². The maximum Gasteiger partial charge on any atom is 0.336 e. The SMILES string of the molecule is Cc1ccc(C(=O)Nc2cccc(C(=O)NN=Cc3cc(Br)cc(Br)c3OC(=O)/C=C/c3ccc(Cl)cc3)c2)cc1. The molecule has 0 aliphatic carbocycles. The standard InChI is InChI=1S/C31H22Br2ClN3O4/c1-19-5-10-21(11-6-19)30(39)36-26-4-2-3-22(16-26)31(40)37-35-18-23-15-24(32)17-27(33)29(23)41-28(38)14-9-20-7-12-25(34)13-8-20/h2-18H,1H3,(H,36,39)(H,37,40)/b14-9+,35-18?. The Kier molecular flexibility index (Phi) is 10.2. The molecule has 0 unspecified atom stereocenters. The molecule has 0 saturated carbocycles. The fourth-order valence-corrected chi connectivity index (χ4v) is 4.99. The minimum absolute atomic E-state index is 0.220. The molecule has 4 aromatic carbocycles. The molecule has 0 aromatic heterocycles. The van der Waals surface area contributed by atoms with Crippen molar-refractivity contribution in [1.29, 1.82) is 0 Å². The van der Waals surface area contributed by atoms with Gasteiger partial charge < -0.3 is 10.1 Å². The Bertz CT molecular complexity index is 1650. The quantitative estimate of drug-likeness (QED) is 0.0647. The normalized spacial score (nSPS) is 11.0. The summed E-state index contributed by atoms with van der Waals surface area (Å²) in [5.41, 5.74) is 5.98. The zero-order chi connectivity index (χ0) is 29.4. The molecule has 41 heavy (non-hydrogen) atoms. The second-order valence-electron chi connectivity index (χ2n) is 8.71. The number of rotatable bonds is 8. The number of hydrogen-bond donors (Lipinski definition) is 2. The zero-order valence-electron chi connectivity index (χ0n) is 21.5. The van der Waals surface area contributed by atoms with E-state index >= 15 is 0 Å². The summed E-state index contributed by atoms with van der Waals surface area (Å²) in [6, 6.07) is 24.1. The molecule has 0 fully saturated rings. The number of benzene rings is 4. The average Bonchev–Trinajstić information content (AvgIpc) is 2.95. The lowest BCUT2D eigenvalue weighted by Gasteiger charge is -2.09. The maximum atomic E-state index is 12.8. The Hall–Kier alpha value is -4.05. The van der Waals surface area contributed by atoms with E-state index in [1.807, 2.05) is 19.1 Å². The van der Waals surface area contributed by atoms with Crippen molar-refractivity contribution in [3.05, 3.63) is 133 Å². The molecule has 4 rings (SSSR count). The van der Waals surface area contributed by atoms with Crippen molar-refractivity contribution in [3.63, 3.8) is 0 Å². The van der Waals surface area contributed by atoms with Gasteiger partial charge in [-0.05, 0) is 89.1 Å². The molecular formula is C31H22Br2ClN3O4. The van der Waals surface area contributed by atoms with Crippen LogP contribution in [0.3, 0.4) is 0 Å². The first-order valence-electron chi connectivity index (χ1n) is 12.1. The van der Waals surface area contributed by atoms with Gasteiger partial charge in [0.2, 0.25) is 0 Å². The van der Waals surface area contributed by atoms with E-state index in [0.29, 0.717) is 36.3 Å². The van der Waals surface area contributed by atoms with E-state index in [9.17, 15) is 14.4 Å². The Morgan fingerprint density at radius 2 is 1.61 bits per heavy atom. The van der Waals surface area contributed by atoms with Gasteiger partial charge in [-0.1, -0.05) is 63.4 Å². The van der Waals surface area contributed by atoms with Crippen LogP contribution in [0.2, 0.25) is 5.02 Å². The third-order valence-electron chi connectivity index (χ3n) is 5.59. The number of hydrogen-bond acceptors (Lipinski definition) is 5. The second-order valence-corrected chi connectivity index (χ2v) is 10.9. The van der Waals surface area contributed by atoms with Crippen molar-refractivity contribution in [1.82, 2.24) is 5.43 Å². The van der Waals surface area contributed by atoms with Crippen LogP contribution < -0.4 is 15.5 Å². The van der Waals surface area contributed by atoms with Gasteiger partial charge in [-0.15, -0.1) is 0 Å². The van der Waals surface area contributed by atoms with Crippen LogP contribution in [0.25, 0.3) is 6.08 Å². The molecule has 0 aliphatic heterocycles. The van der Waals surface area contributed by atoms with Gasteiger partial charge in [0.1, 0.15) is 0 Å². The van der Waals surface area contributed by atoms with E-state index in [-0.39, 0.29) is 11.7 Å². The zero-order valence-corrected chi connectivity index (χ0v) is 25.5. The van der Waals surface area contributed by atoms with E-state index in [2.05, 4.69) is 47.7 Å². The molecule has 0 aliphatic rings. The van der Waals surface area contributed by atoms with E-state index in [4.69, 9.17) is 16.3 Å². The number of ether oxygens (including phenoxy) is 1. The van der Waals surface area contributed by atoms with Crippen molar-refractivity contribution in [2.75, 3.05) is 5.32 Å². The van der Waals surface area contributed by atoms with Crippen molar-refractivity contribution >= 4 is 79.2 Å². The van der Waals surface area contributed by atoms with Crippen LogP contribution in [0, 0.1) is 6.92 Å². The van der Waals surface area contributed by atoms with Crippen LogP contribution in [0.15, 0.2) is 105 Å². The molecule has 2 amide bonds. The number of anilines is 1. The Balaban J connectivity index is 1.42. The minimum Gasteiger partial charge on any atom is -0.421 e. The molecule has 0 bridgehead atoms. The summed E-state index contributed by atoms with van der Waals surface area (Å²) < 4.78 is 6.76. The number of carbonyl (C=O) groups is 3. The van der Waals surface area contributed by atoms with Gasteiger partial charge >= 0.3 is 5.97 Å². The first kappa shape index (κ1) is 29.9. The van der Waals surface area contributed by atoms with Crippen molar-refractivity contribution in [3.8, 4) is 5.75 Å². The predicted octanol–water partition coefficient (Wildman–Crippen LogP) is 7.81. The summed E-state index contributed by atoms with van der Waals surface area (Å²) in [4.78, 5) is 37.8. The summed E-state index contributed by atoms with van der Waals surface area (Å²) in [6.07, 6.45) is 4.27. The van der Waals surface area contributed by atoms with E-state index < -0.39 is 11.9 Å². The predicted molar refractivity (Wildman–Crippen MR) is 169 cm³/mol. The molecule has 0 heterocycles.